The van der Waals surface area contributed by atoms with Crippen LogP contribution in [0.1, 0.15) is 143 Å². The number of unbranched alkanes of at least 4 members (excludes halogenated alkanes) is 2. The van der Waals surface area contributed by atoms with Crippen LogP contribution >= 0.6 is 0 Å². The van der Waals surface area contributed by atoms with Crippen molar-refractivity contribution in [1.29, 1.82) is 0 Å². The molecule has 0 N–H and O–H groups in total. The van der Waals surface area contributed by atoms with E-state index < -0.39 is 0 Å². The van der Waals surface area contributed by atoms with Gasteiger partial charge in [-0.1, -0.05) is 71.6 Å². The maximum atomic E-state index is 3.69. The van der Waals surface area contributed by atoms with Crippen molar-refractivity contribution in [2.75, 3.05) is 0 Å². The molecule has 4 aromatic carbocycles. The molecule has 0 heterocycles. The van der Waals surface area contributed by atoms with E-state index in [0.717, 1.165) is 12.8 Å². The Kier molecular flexibility index (Phi) is 14.4. The topological polar surface area (TPSA) is 0 Å². The number of hydrogen-bond acceptors (Lipinski definition) is 0. The summed E-state index contributed by atoms with van der Waals surface area (Å²) >= 11 is 1.48. The van der Waals surface area contributed by atoms with Crippen LogP contribution in [0, 0.1) is 26.0 Å². The number of fused-ring (bicyclic) bond motifs is 3. The Morgan fingerprint density at radius 3 is 1.64 bits per heavy atom. The standard InChI is InChI=1S/C23H29.C21H26.C5H5.Zr/c1-14-9-16-11-17-10-15(2)21(23(6,7)8)13-19(17)18(16)12-20(14)22(3,4)5;1-3-5-7-18-9-13-20(14-10-18)17-21-15-11-19(12-16-21)8-6-4-2;1-2-4-5-3-1;/h9,12-13H,11H2,1-8H3;9-16H,3-8H2,1-2H3;1-3H,4H2;/q-1;;-1;+2. The molecule has 0 aromatic heterocycles. The molecule has 0 bridgehead atoms. The van der Waals surface area contributed by atoms with Gasteiger partial charge in [-0.2, -0.15) is 23.8 Å². The van der Waals surface area contributed by atoms with Crippen molar-refractivity contribution in [3.63, 3.8) is 0 Å². The van der Waals surface area contributed by atoms with Gasteiger partial charge in [0, 0.05) is 0 Å². The van der Waals surface area contributed by atoms with Gasteiger partial charge >= 0.3 is 151 Å². The third kappa shape index (κ3) is 10.8. The van der Waals surface area contributed by atoms with E-state index in [2.05, 4.69) is 154 Å². The second-order valence-corrected chi connectivity index (χ2v) is 17.4. The number of hydrogen-bond donors (Lipinski definition) is 0. The molecule has 260 valence electrons. The maximum Gasteiger partial charge on any atom is -0.0129 e. The summed E-state index contributed by atoms with van der Waals surface area (Å²) in [7, 11) is 0. The number of allylic oxidation sites excluding steroid dienone is 4. The second kappa shape index (κ2) is 18.0. The Hall–Kier alpha value is -2.89. The van der Waals surface area contributed by atoms with Crippen molar-refractivity contribution in [2.45, 2.75) is 131 Å². The van der Waals surface area contributed by atoms with Crippen LogP contribution in [0.15, 0.2) is 85.0 Å². The first-order valence-corrected chi connectivity index (χ1v) is 20.1. The van der Waals surface area contributed by atoms with Gasteiger partial charge in [-0.3, -0.25) is 6.08 Å². The van der Waals surface area contributed by atoms with Gasteiger partial charge in [0.15, 0.2) is 0 Å². The van der Waals surface area contributed by atoms with Gasteiger partial charge in [-0.25, -0.2) is 12.2 Å². The molecule has 0 nitrogen and oxygen atoms in total. The average molecular weight is 740 g/mol. The van der Waals surface area contributed by atoms with Gasteiger partial charge in [-0.05, 0) is 35.4 Å². The van der Waals surface area contributed by atoms with Gasteiger partial charge in [0.05, 0.1) is 0 Å². The first kappa shape index (κ1) is 39.9. The van der Waals surface area contributed by atoms with E-state index in [4.69, 9.17) is 0 Å². The molecule has 1 heteroatoms. The first-order chi connectivity index (χ1) is 23.7. The van der Waals surface area contributed by atoms with Gasteiger partial charge < -0.3 is 0 Å². The van der Waals surface area contributed by atoms with E-state index in [-0.39, 0.29) is 10.8 Å². The Morgan fingerprint density at radius 2 is 1.22 bits per heavy atom. The van der Waals surface area contributed by atoms with Crippen LogP contribution in [-0.4, -0.2) is 3.21 Å². The van der Waals surface area contributed by atoms with Crippen LogP contribution in [0.2, 0.25) is 0 Å². The largest absolute Gasteiger partial charge is 0.273 e. The number of rotatable bonds is 8. The molecular weight excluding hydrogens is 680 g/mol. The fourth-order valence-corrected chi connectivity index (χ4v) is 7.79. The Morgan fingerprint density at radius 1 is 0.700 bits per heavy atom. The van der Waals surface area contributed by atoms with Gasteiger partial charge in [-0.15, -0.1) is 23.1 Å². The van der Waals surface area contributed by atoms with Crippen LogP contribution in [-0.2, 0) is 54.3 Å². The molecule has 2 aliphatic carbocycles. The van der Waals surface area contributed by atoms with Crippen LogP contribution in [0.25, 0.3) is 11.1 Å². The van der Waals surface area contributed by atoms with E-state index in [1.54, 1.807) is 0 Å². The van der Waals surface area contributed by atoms with E-state index in [1.165, 1.54) is 133 Å². The summed E-state index contributed by atoms with van der Waals surface area (Å²) in [6, 6.07) is 29.3. The van der Waals surface area contributed by atoms with E-state index in [0.29, 0.717) is 0 Å². The predicted molar refractivity (Wildman–Crippen MR) is 215 cm³/mol. The van der Waals surface area contributed by atoms with Crippen LogP contribution in [0.3, 0.4) is 0 Å². The molecule has 2 aliphatic rings. The van der Waals surface area contributed by atoms with Crippen molar-refractivity contribution in [1.82, 2.24) is 0 Å². The fourth-order valence-electron chi connectivity index (χ4n) is 6.97. The SMILES string of the molecule is CCCCc1ccc([C](=[Zr+2])c2ccc(CCCC)cc2)cc1.Cc1[c-]c2c(cc1C(C)(C)C)-c1cc(C(C)(C)C)c(C)cc1C2.[C-]1=CC=CC1. The summed E-state index contributed by atoms with van der Waals surface area (Å²) in [6.07, 6.45) is 18.5. The van der Waals surface area contributed by atoms with Crippen molar-refractivity contribution >= 4 is 3.21 Å². The Labute approximate surface area is 320 Å². The minimum Gasteiger partial charge on any atom is -0.273 e. The van der Waals surface area contributed by atoms with Crippen molar-refractivity contribution in [2.24, 2.45) is 0 Å². The Balaban J connectivity index is 0.000000197. The van der Waals surface area contributed by atoms with E-state index >= 15 is 0 Å². The number of aryl methyl sites for hydroxylation is 4. The van der Waals surface area contributed by atoms with Gasteiger partial charge in [0.2, 0.25) is 0 Å². The summed E-state index contributed by atoms with van der Waals surface area (Å²) < 4.78 is 1.45. The van der Waals surface area contributed by atoms with Crippen molar-refractivity contribution < 1.29 is 24.2 Å². The van der Waals surface area contributed by atoms with Crippen LogP contribution < -0.4 is 0 Å². The predicted octanol–water partition coefficient (Wildman–Crippen LogP) is 13.1. The van der Waals surface area contributed by atoms with Crippen molar-refractivity contribution in [3.8, 4) is 11.1 Å². The van der Waals surface area contributed by atoms with E-state index in [1.807, 2.05) is 12.2 Å². The number of benzene rings is 4. The third-order valence-electron chi connectivity index (χ3n) is 9.79. The van der Waals surface area contributed by atoms with Gasteiger partial charge in [0.1, 0.15) is 0 Å². The molecular formula is C49H60Zr. The minimum absolute atomic E-state index is 0.163. The summed E-state index contributed by atoms with van der Waals surface area (Å²) in [5.74, 6) is 0. The molecule has 50 heavy (non-hydrogen) atoms. The average Bonchev–Trinajstić information content (AvgIpc) is 3.77. The first-order valence-electron chi connectivity index (χ1n) is 18.9. The molecule has 4 aromatic rings. The summed E-state index contributed by atoms with van der Waals surface area (Å²) in [4.78, 5) is 0. The zero-order valence-corrected chi connectivity index (χ0v) is 35.2. The zero-order valence-electron chi connectivity index (χ0n) is 32.7. The molecule has 0 unspecified atom stereocenters. The summed E-state index contributed by atoms with van der Waals surface area (Å²) in [5.41, 5.74) is 17.3. The molecule has 0 saturated heterocycles. The summed E-state index contributed by atoms with van der Waals surface area (Å²) in [6.45, 7) is 22.7. The molecule has 6 rings (SSSR count). The molecule has 0 fully saturated rings. The zero-order chi connectivity index (χ0) is 36.5. The van der Waals surface area contributed by atoms with Gasteiger partial charge in [0.25, 0.3) is 0 Å². The smallest absolute Gasteiger partial charge is 0.0129 e. The second-order valence-electron chi connectivity index (χ2n) is 16.2. The Bertz CT molecular complexity index is 1650. The maximum absolute atomic E-state index is 3.69. The van der Waals surface area contributed by atoms with Crippen LogP contribution in [0.4, 0.5) is 0 Å². The van der Waals surface area contributed by atoms with E-state index in [9.17, 15) is 0 Å². The molecule has 0 amide bonds. The minimum atomic E-state index is 0.163. The molecule has 0 radical (unpaired) electrons. The van der Waals surface area contributed by atoms with Crippen LogP contribution in [0.5, 0.6) is 0 Å². The fraction of sp³-hybridized carbons (Fsp3) is 0.408. The monoisotopic (exact) mass is 738 g/mol. The van der Waals surface area contributed by atoms with Crippen molar-refractivity contribution in [3.05, 3.63) is 153 Å². The normalized spacial score (nSPS) is 12.9. The molecule has 0 aliphatic heterocycles. The molecule has 0 saturated carbocycles. The summed E-state index contributed by atoms with van der Waals surface area (Å²) in [5, 5.41) is 0. The quantitative estimate of drug-likeness (QED) is 0.139. The third-order valence-corrected chi connectivity index (χ3v) is 11.2. The molecule has 0 atom stereocenters. The molecule has 0 spiro atoms.